The Kier molecular flexibility index (Phi) is 5.01. The highest BCUT2D eigenvalue weighted by atomic mass is 32.2. The van der Waals surface area contributed by atoms with E-state index in [0.29, 0.717) is 21.9 Å². The third-order valence-corrected chi connectivity index (χ3v) is 5.05. The molecule has 0 radical (unpaired) electrons. The summed E-state index contributed by atoms with van der Waals surface area (Å²) in [7, 11) is -3.80. The Hall–Kier alpha value is -2.78. The van der Waals surface area contributed by atoms with Gasteiger partial charge < -0.3 is 9.84 Å². The second-order valence-electron chi connectivity index (χ2n) is 5.46. The van der Waals surface area contributed by atoms with Crippen LogP contribution in [0, 0.1) is 6.92 Å². The van der Waals surface area contributed by atoms with Crippen molar-refractivity contribution >= 4 is 40.1 Å². The second kappa shape index (κ2) is 7.22. The maximum absolute atomic E-state index is 12.3. The molecule has 0 aliphatic rings. The van der Waals surface area contributed by atoms with Crippen LogP contribution in [0.5, 0.6) is 0 Å². The van der Waals surface area contributed by atoms with Gasteiger partial charge in [-0.25, -0.2) is 8.42 Å². The van der Waals surface area contributed by atoms with Crippen molar-refractivity contribution < 1.29 is 17.7 Å². The number of aromatic nitrogens is 1. The quantitative estimate of drug-likeness (QED) is 0.581. The van der Waals surface area contributed by atoms with Crippen molar-refractivity contribution in [2.24, 2.45) is 0 Å². The molecule has 9 heteroatoms. The number of carbonyl (C=O) groups excluding carboxylic acids is 1. The molecule has 0 saturated heterocycles. The summed E-state index contributed by atoms with van der Waals surface area (Å²) in [5.74, 6) is 0.283. The summed E-state index contributed by atoms with van der Waals surface area (Å²) < 4.78 is 31.8. The van der Waals surface area contributed by atoms with Crippen LogP contribution in [0.4, 0.5) is 11.5 Å². The largest absolute Gasteiger partial charge is 0.360 e. The molecule has 0 atom stereocenters. The summed E-state index contributed by atoms with van der Waals surface area (Å²) >= 11 is 4.20. The number of hydrogen-bond donors (Lipinski definition) is 3. The number of aryl methyl sites for hydroxylation is 1. The number of hydrogen-bond acceptors (Lipinski definition) is 6. The Morgan fingerprint density at radius 2 is 1.85 bits per heavy atom. The van der Waals surface area contributed by atoms with Gasteiger partial charge in [0.1, 0.15) is 5.76 Å². The lowest BCUT2D eigenvalue weighted by atomic mass is 10.2. The van der Waals surface area contributed by atoms with E-state index in [1.807, 2.05) is 0 Å². The first-order valence-electron chi connectivity index (χ1n) is 7.50. The highest BCUT2D eigenvalue weighted by molar-refractivity contribution is 7.92. The molecule has 1 amide bonds. The number of anilines is 2. The van der Waals surface area contributed by atoms with Crippen LogP contribution in [0.1, 0.15) is 16.1 Å². The van der Waals surface area contributed by atoms with E-state index in [1.54, 1.807) is 31.2 Å². The fourth-order valence-corrected chi connectivity index (χ4v) is 3.39. The van der Waals surface area contributed by atoms with Crippen LogP contribution in [0.3, 0.4) is 0 Å². The first-order chi connectivity index (χ1) is 12.3. The Labute approximate surface area is 155 Å². The molecule has 2 N–H and O–H groups in total. The van der Waals surface area contributed by atoms with Crippen LogP contribution >= 0.6 is 12.6 Å². The number of nitrogens with zero attached hydrogens (tertiary/aromatic N) is 1. The second-order valence-corrected chi connectivity index (χ2v) is 7.66. The van der Waals surface area contributed by atoms with E-state index < -0.39 is 10.0 Å². The van der Waals surface area contributed by atoms with E-state index in [2.05, 4.69) is 27.8 Å². The molecule has 0 unspecified atom stereocenters. The number of amides is 1. The van der Waals surface area contributed by atoms with Crippen LogP contribution in [0.15, 0.2) is 68.9 Å². The first kappa shape index (κ1) is 18.0. The summed E-state index contributed by atoms with van der Waals surface area (Å²) in [6, 6.07) is 14.1. The average Bonchev–Trinajstić information content (AvgIpc) is 2.99. The molecule has 3 rings (SSSR count). The van der Waals surface area contributed by atoms with Gasteiger partial charge in [0.05, 0.1) is 4.90 Å². The molecule has 0 fully saturated rings. The van der Waals surface area contributed by atoms with Gasteiger partial charge in [0, 0.05) is 22.2 Å². The summed E-state index contributed by atoms with van der Waals surface area (Å²) in [4.78, 5) is 12.9. The van der Waals surface area contributed by atoms with Gasteiger partial charge in [-0.05, 0) is 49.4 Å². The van der Waals surface area contributed by atoms with Crippen LogP contribution in [0.25, 0.3) is 0 Å². The van der Waals surface area contributed by atoms with Crippen LogP contribution in [-0.2, 0) is 10.0 Å². The molecule has 0 saturated carbocycles. The topological polar surface area (TPSA) is 101 Å². The molecule has 2 aromatic carbocycles. The number of thiol groups is 1. The molecule has 0 bridgehead atoms. The van der Waals surface area contributed by atoms with Gasteiger partial charge in [-0.15, -0.1) is 12.6 Å². The Balaban J connectivity index is 1.72. The summed E-state index contributed by atoms with van der Waals surface area (Å²) in [6.45, 7) is 1.66. The van der Waals surface area contributed by atoms with Gasteiger partial charge in [0.25, 0.3) is 15.9 Å². The normalized spacial score (nSPS) is 11.2. The number of benzene rings is 2. The molecule has 0 aliphatic heterocycles. The maximum Gasteiger partial charge on any atom is 0.263 e. The Morgan fingerprint density at radius 1 is 1.12 bits per heavy atom. The van der Waals surface area contributed by atoms with E-state index in [4.69, 9.17) is 4.52 Å². The average molecular weight is 389 g/mol. The fraction of sp³-hybridized carbons (Fsp3) is 0.0588. The van der Waals surface area contributed by atoms with Gasteiger partial charge in [0.2, 0.25) is 0 Å². The van der Waals surface area contributed by atoms with Crippen molar-refractivity contribution in [1.82, 2.24) is 5.16 Å². The third kappa shape index (κ3) is 4.24. The van der Waals surface area contributed by atoms with Crippen molar-refractivity contribution in [3.05, 3.63) is 65.9 Å². The van der Waals surface area contributed by atoms with Crippen molar-refractivity contribution in [2.75, 3.05) is 10.0 Å². The van der Waals surface area contributed by atoms with Gasteiger partial charge in [-0.2, -0.15) is 0 Å². The van der Waals surface area contributed by atoms with E-state index in [-0.39, 0.29) is 16.6 Å². The summed E-state index contributed by atoms with van der Waals surface area (Å²) in [6.07, 6.45) is 0. The van der Waals surface area contributed by atoms with Crippen molar-refractivity contribution in [3.63, 3.8) is 0 Å². The zero-order chi connectivity index (χ0) is 18.7. The minimum atomic E-state index is -3.80. The first-order valence-corrected chi connectivity index (χ1v) is 9.43. The highest BCUT2D eigenvalue weighted by Crippen LogP contribution is 2.19. The highest BCUT2D eigenvalue weighted by Gasteiger charge is 2.16. The van der Waals surface area contributed by atoms with Gasteiger partial charge in [-0.1, -0.05) is 11.2 Å². The number of nitrogens with one attached hydrogen (secondary N) is 2. The minimum absolute atomic E-state index is 0.0357. The van der Waals surface area contributed by atoms with Crippen molar-refractivity contribution in [1.29, 1.82) is 0 Å². The molecular formula is C17H15N3O4S2. The Bertz CT molecular complexity index is 1040. The zero-order valence-electron chi connectivity index (χ0n) is 13.6. The van der Waals surface area contributed by atoms with Crippen molar-refractivity contribution in [2.45, 2.75) is 16.7 Å². The maximum atomic E-state index is 12.3. The molecule has 0 aliphatic carbocycles. The molecule has 7 nitrogen and oxygen atoms in total. The number of sulfonamides is 1. The molecule has 26 heavy (non-hydrogen) atoms. The zero-order valence-corrected chi connectivity index (χ0v) is 15.3. The molecular weight excluding hydrogens is 374 g/mol. The minimum Gasteiger partial charge on any atom is -0.360 e. The van der Waals surface area contributed by atoms with E-state index in [9.17, 15) is 13.2 Å². The lowest BCUT2D eigenvalue weighted by Gasteiger charge is -2.08. The predicted octanol–water partition coefficient (Wildman–Crippen LogP) is 3.32. The van der Waals surface area contributed by atoms with Crippen molar-refractivity contribution in [3.8, 4) is 0 Å². The van der Waals surface area contributed by atoms with E-state index in [1.165, 1.54) is 30.3 Å². The van der Waals surface area contributed by atoms with Crippen LogP contribution < -0.4 is 10.0 Å². The molecule has 3 aromatic rings. The summed E-state index contributed by atoms with van der Waals surface area (Å²) in [5.41, 5.74) is 0.924. The monoisotopic (exact) mass is 389 g/mol. The number of rotatable bonds is 5. The number of carbonyl (C=O) groups is 1. The van der Waals surface area contributed by atoms with E-state index >= 15 is 0 Å². The van der Waals surface area contributed by atoms with Gasteiger partial charge in [0.15, 0.2) is 5.82 Å². The molecule has 134 valence electrons. The SMILES string of the molecule is Cc1cc(NS(=O)(=O)c2ccc(NC(=O)c3cccc(S)c3)cc2)no1. The van der Waals surface area contributed by atoms with Gasteiger partial charge in [-0.3, -0.25) is 9.52 Å². The lowest BCUT2D eigenvalue weighted by molar-refractivity contribution is 0.102. The summed E-state index contributed by atoms with van der Waals surface area (Å²) in [5, 5.41) is 6.30. The predicted molar refractivity (Wildman–Crippen MR) is 100 cm³/mol. The molecule has 0 spiro atoms. The van der Waals surface area contributed by atoms with Gasteiger partial charge >= 0.3 is 0 Å². The fourth-order valence-electron chi connectivity index (χ4n) is 2.18. The Morgan fingerprint density at radius 3 is 2.46 bits per heavy atom. The lowest BCUT2D eigenvalue weighted by Crippen LogP contribution is -2.14. The smallest absolute Gasteiger partial charge is 0.263 e. The van der Waals surface area contributed by atoms with Crippen LogP contribution in [-0.4, -0.2) is 19.5 Å². The molecule has 1 heterocycles. The van der Waals surface area contributed by atoms with Crippen LogP contribution in [0.2, 0.25) is 0 Å². The van der Waals surface area contributed by atoms with E-state index in [0.717, 1.165) is 0 Å². The molecule has 1 aromatic heterocycles. The standard InChI is InChI=1S/C17H15N3O4S2/c1-11-9-16(19-24-11)20-26(22,23)15-7-5-13(6-8-15)18-17(21)12-3-2-4-14(25)10-12/h2-10,25H,1H3,(H,18,21)(H,19,20). The third-order valence-electron chi connectivity index (χ3n) is 3.40.